The minimum Gasteiger partial charge on any atom is -0.378 e. The Balaban J connectivity index is 1.35. The Labute approximate surface area is 159 Å². The van der Waals surface area contributed by atoms with E-state index in [1.165, 1.54) is 12.1 Å². The summed E-state index contributed by atoms with van der Waals surface area (Å²) in [5.74, 6) is 1.46. The number of morpholine rings is 1. The largest absolute Gasteiger partial charge is 0.378 e. The second kappa shape index (κ2) is 8.63. The van der Waals surface area contributed by atoms with Crippen molar-refractivity contribution in [2.45, 2.75) is 25.4 Å². The highest BCUT2D eigenvalue weighted by atomic mass is 19.1. The number of hydrogen-bond acceptors (Lipinski definition) is 6. The van der Waals surface area contributed by atoms with Gasteiger partial charge < -0.3 is 15.0 Å². The van der Waals surface area contributed by atoms with E-state index in [0.717, 1.165) is 76.1 Å². The molecular formula is C20H26FN5O. The molecule has 2 fully saturated rings. The van der Waals surface area contributed by atoms with Crippen LogP contribution in [0.2, 0.25) is 0 Å². The van der Waals surface area contributed by atoms with E-state index < -0.39 is 0 Å². The van der Waals surface area contributed by atoms with Crippen LogP contribution in [0, 0.1) is 5.82 Å². The Morgan fingerprint density at radius 2 is 1.93 bits per heavy atom. The van der Waals surface area contributed by atoms with Gasteiger partial charge >= 0.3 is 0 Å². The van der Waals surface area contributed by atoms with Gasteiger partial charge in [-0.15, -0.1) is 0 Å². The third-order valence-electron chi connectivity index (χ3n) is 5.11. The minimum absolute atomic E-state index is 0.184. The molecule has 0 saturated carbocycles. The Morgan fingerprint density at radius 3 is 2.74 bits per heavy atom. The summed E-state index contributed by atoms with van der Waals surface area (Å²) in [6.07, 6.45) is 4.08. The molecule has 4 rings (SSSR count). The number of ether oxygens (including phenoxy) is 1. The zero-order valence-electron chi connectivity index (χ0n) is 15.5. The average Bonchev–Trinajstić information content (AvgIpc) is 2.71. The second-order valence-electron chi connectivity index (χ2n) is 7.19. The summed E-state index contributed by atoms with van der Waals surface area (Å²) in [6.45, 7) is 5.98. The number of rotatable bonds is 5. The fourth-order valence-corrected chi connectivity index (χ4v) is 3.72. The predicted octanol–water partition coefficient (Wildman–Crippen LogP) is 2.53. The molecular weight excluding hydrogens is 345 g/mol. The third kappa shape index (κ3) is 4.93. The van der Waals surface area contributed by atoms with Gasteiger partial charge in [0.1, 0.15) is 11.6 Å². The lowest BCUT2D eigenvalue weighted by molar-refractivity contribution is 0.122. The summed E-state index contributed by atoms with van der Waals surface area (Å²) >= 11 is 0. The Bertz CT molecular complexity index is 735. The molecule has 3 heterocycles. The van der Waals surface area contributed by atoms with Gasteiger partial charge in [-0.3, -0.25) is 4.90 Å². The highest BCUT2D eigenvalue weighted by molar-refractivity contribution is 5.42. The fourth-order valence-electron chi connectivity index (χ4n) is 3.72. The number of piperidine rings is 1. The maximum absolute atomic E-state index is 13.1. The number of anilines is 2. The predicted molar refractivity (Wildman–Crippen MR) is 103 cm³/mol. The summed E-state index contributed by atoms with van der Waals surface area (Å²) in [5, 5.41) is 3.57. The molecule has 0 spiro atoms. The summed E-state index contributed by atoms with van der Waals surface area (Å²) in [6, 6.07) is 9.08. The lowest BCUT2D eigenvalue weighted by atomic mass is 10.0. The number of nitrogens with one attached hydrogen (secondary N) is 1. The van der Waals surface area contributed by atoms with Crippen LogP contribution in [0.5, 0.6) is 0 Å². The van der Waals surface area contributed by atoms with Gasteiger partial charge in [0.15, 0.2) is 0 Å². The standard InChI is InChI=1S/C20H26FN5O/c21-17-5-3-16(4-6-17)14-25-9-1-2-18(15-25)23-19-7-8-22-20(24-19)26-10-12-27-13-11-26/h3-8,18H,1-2,9-15H2,(H,22,23,24). The van der Waals surface area contributed by atoms with Gasteiger partial charge in [0, 0.05) is 38.4 Å². The number of halogens is 1. The van der Waals surface area contributed by atoms with Gasteiger partial charge in [-0.2, -0.15) is 4.98 Å². The number of benzene rings is 1. The molecule has 27 heavy (non-hydrogen) atoms. The van der Waals surface area contributed by atoms with E-state index in [9.17, 15) is 4.39 Å². The molecule has 1 aromatic heterocycles. The zero-order chi connectivity index (χ0) is 18.5. The van der Waals surface area contributed by atoms with Crippen LogP contribution in [0.3, 0.4) is 0 Å². The molecule has 2 aliphatic heterocycles. The molecule has 2 aromatic rings. The van der Waals surface area contributed by atoms with Crippen LogP contribution in [-0.4, -0.2) is 60.3 Å². The van der Waals surface area contributed by atoms with E-state index in [2.05, 4.69) is 20.1 Å². The van der Waals surface area contributed by atoms with Gasteiger partial charge in [0.25, 0.3) is 0 Å². The van der Waals surface area contributed by atoms with E-state index in [-0.39, 0.29) is 5.82 Å². The lowest BCUT2D eigenvalue weighted by Gasteiger charge is -2.33. The number of aromatic nitrogens is 2. The molecule has 7 heteroatoms. The van der Waals surface area contributed by atoms with Crippen molar-refractivity contribution in [1.82, 2.24) is 14.9 Å². The number of likely N-dealkylation sites (tertiary alicyclic amines) is 1. The normalized spacial score (nSPS) is 21.2. The number of nitrogens with zero attached hydrogens (tertiary/aromatic N) is 4. The molecule has 2 aliphatic rings. The van der Waals surface area contributed by atoms with Gasteiger partial charge in [-0.05, 0) is 43.1 Å². The van der Waals surface area contributed by atoms with Crippen LogP contribution in [0.1, 0.15) is 18.4 Å². The summed E-state index contributed by atoms with van der Waals surface area (Å²) in [5.41, 5.74) is 1.15. The average molecular weight is 371 g/mol. The van der Waals surface area contributed by atoms with E-state index in [4.69, 9.17) is 9.72 Å². The van der Waals surface area contributed by atoms with Crippen molar-refractivity contribution in [3.8, 4) is 0 Å². The SMILES string of the molecule is Fc1ccc(CN2CCCC(Nc3ccnc(N4CCOCC4)n3)C2)cc1. The number of hydrogen-bond donors (Lipinski definition) is 1. The maximum Gasteiger partial charge on any atom is 0.227 e. The van der Waals surface area contributed by atoms with E-state index in [1.807, 2.05) is 24.4 Å². The first-order valence-corrected chi connectivity index (χ1v) is 9.65. The molecule has 0 radical (unpaired) electrons. The molecule has 2 saturated heterocycles. The fraction of sp³-hybridized carbons (Fsp3) is 0.500. The van der Waals surface area contributed by atoms with Crippen molar-refractivity contribution < 1.29 is 9.13 Å². The highest BCUT2D eigenvalue weighted by Crippen LogP contribution is 2.19. The van der Waals surface area contributed by atoms with Crippen LogP contribution in [0.15, 0.2) is 36.5 Å². The Morgan fingerprint density at radius 1 is 1.11 bits per heavy atom. The van der Waals surface area contributed by atoms with Crippen molar-refractivity contribution in [3.63, 3.8) is 0 Å². The molecule has 1 aromatic carbocycles. The van der Waals surface area contributed by atoms with Gasteiger partial charge in [-0.1, -0.05) is 12.1 Å². The van der Waals surface area contributed by atoms with Crippen molar-refractivity contribution in [3.05, 3.63) is 47.9 Å². The summed E-state index contributed by atoms with van der Waals surface area (Å²) in [4.78, 5) is 13.7. The quantitative estimate of drug-likeness (QED) is 0.872. The first-order valence-electron chi connectivity index (χ1n) is 9.65. The van der Waals surface area contributed by atoms with E-state index >= 15 is 0 Å². The topological polar surface area (TPSA) is 53.5 Å². The van der Waals surface area contributed by atoms with Crippen molar-refractivity contribution in [1.29, 1.82) is 0 Å². The molecule has 0 amide bonds. The molecule has 1 N–H and O–H groups in total. The van der Waals surface area contributed by atoms with E-state index in [0.29, 0.717) is 6.04 Å². The van der Waals surface area contributed by atoms with Crippen LogP contribution in [0.4, 0.5) is 16.2 Å². The lowest BCUT2D eigenvalue weighted by Crippen LogP contribution is -2.42. The molecule has 0 bridgehead atoms. The highest BCUT2D eigenvalue weighted by Gasteiger charge is 2.21. The zero-order valence-corrected chi connectivity index (χ0v) is 15.5. The Kier molecular flexibility index (Phi) is 5.79. The summed E-state index contributed by atoms with van der Waals surface area (Å²) in [7, 11) is 0. The monoisotopic (exact) mass is 371 g/mol. The first kappa shape index (κ1) is 18.1. The van der Waals surface area contributed by atoms with E-state index in [1.54, 1.807) is 0 Å². The van der Waals surface area contributed by atoms with Crippen molar-refractivity contribution in [2.75, 3.05) is 49.6 Å². The van der Waals surface area contributed by atoms with Gasteiger partial charge in [-0.25, -0.2) is 9.37 Å². The van der Waals surface area contributed by atoms with Crippen molar-refractivity contribution in [2.24, 2.45) is 0 Å². The molecule has 1 atom stereocenters. The smallest absolute Gasteiger partial charge is 0.227 e. The first-order chi connectivity index (χ1) is 13.3. The molecule has 1 unspecified atom stereocenters. The van der Waals surface area contributed by atoms with Crippen LogP contribution < -0.4 is 10.2 Å². The second-order valence-corrected chi connectivity index (χ2v) is 7.19. The Hall–Kier alpha value is -2.25. The maximum atomic E-state index is 13.1. The van der Waals surface area contributed by atoms with Crippen LogP contribution >= 0.6 is 0 Å². The van der Waals surface area contributed by atoms with Gasteiger partial charge in [0.05, 0.1) is 13.2 Å². The van der Waals surface area contributed by atoms with Gasteiger partial charge in [0.2, 0.25) is 5.95 Å². The van der Waals surface area contributed by atoms with Crippen molar-refractivity contribution >= 4 is 11.8 Å². The van der Waals surface area contributed by atoms with Crippen LogP contribution in [-0.2, 0) is 11.3 Å². The minimum atomic E-state index is -0.184. The third-order valence-corrected chi connectivity index (χ3v) is 5.11. The molecule has 0 aliphatic carbocycles. The molecule has 6 nitrogen and oxygen atoms in total. The molecule has 144 valence electrons. The van der Waals surface area contributed by atoms with Crippen LogP contribution in [0.25, 0.3) is 0 Å². The summed E-state index contributed by atoms with van der Waals surface area (Å²) < 4.78 is 18.5.